The van der Waals surface area contributed by atoms with Crippen molar-refractivity contribution in [1.29, 1.82) is 0 Å². The van der Waals surface area contributed by atoms with Crippen LogP contribution < -0.4 is 14.8 Å². The SMILES string of the molecule is FC(F)(F)c1ccc(C2(C3CCNCC3)Oc3ccccc3O2)cc1. The molecule has 2 aromatic carbocycles. The topological polar surface area (TPSA) is 30.5 Å². The van der Waals surface area contributed by atoms with Crippen LogP contribution >= 0.6 is 0 Å². The van der Waals surface area contributed by atoms with E-state index in [0.717, 1.165) is 38.1 Å². The Hall–Kier alpha value is -2.21. The highest BCUT2D eigenvalue weighted by Gasteiger charge is 2.50. The smallest absolute Gasteiger partial charge is 0.416 e. The number of alkyl halides is 3. The molecule has 0 spiro atoms. The molecule has 0 radical (unpaired) electrons. The van der Waals surface area contributed by atoms with Gasteiger partial charge in [0.05, 0.1) is 5.56 Å². The van der Waals surface area contributed by atoms with Crippen molar-refractivity contribution in [3.63, 3.8) is 0 Å². The Labute approximate surface area is 143 Å². The van der Waals surface area contributed by atoms with Crippen LogP contribution in [0.15, 0.2) is 48.5 Å². The lowest BCUT2D eigenvalue weighted by atomic mass is 9.84. The molecule has 1 N–H and O–H groups in total. The number of piperidine rings is 1. The fourth-order valence-electron chi connectivity index (χ4n) is 3.58. The van der Waals surface area contributed by atoms with Crippen molar-refractivity contribution < 1.29 is 22.6 Å². The van der Waals surface area contributed by atoms with Gasteiger partial charge in [0, 0.05) is 11.5 Å². The molecule has 4 rings (SSSR count). The van der Waals surface area contributed by atoms with E-state index in [9.17, 15) is 13.2 Å². The molecule has 1 saturated heterocycles. The van der Waals surface area contributed by atoms with E-state index >= 15 is 0 Å². The summed E-state index contributed by atoms with van der Waals surface area (Å²) in [5.74, 6) is 0.232. The number of rotatable bonds is 2. The van der Waals surface area contributed by atoms with Gasteiger partial charge in [0.25, 0.3) is 5.79 Å². The highest BCUT2D eigenvalue weighted by atomic mass is 19.4. The van der Waals surface area contributed by atoms with E-state index in [-0.39, 0.29) is 5.92 Å². The molecule has 0 aromatic heterocycles. The molecule has 2 aromatic rings. The summed E-state index contributed by atoms with van der Waals surface area (Å²) in [6.45, 7) is 1.66. The zero-order valence-electron chi connectivity index (χ0n) is 13.5. The van der Waals surface area contributed by atoms with E-state index in [4.69, 9.17) is 9.47 Å². The minimum Gasteiger partial charge on any atom is -0.444 e. The first-order chi connectivity index (χ1) is 12.0. The van der Waals surface area contributed by atoms with Gasteiger partial charge in [-0.25, -0.2) is 0 Å². The molecule has 0 aliphatic carbocycles. The molecule has 132 valence electrons. The Morgan fingerprint density at radius 3 is 1.96 bits per heavy atom. The third-order valence-corrected chi connectivity index (χ3v) is 4.86. The third kappa shape index (κ3) is 2.84. The van der Waals surface area contributed by atoms with Gasteiger partial charge in [0.1, 0.15) is 0 Å². The molecule has 0 unspecified atom stereocenters. The summed E-state index contributed by atoms with van der Waals surface area (Å²) in [6, 6.07) is 12.5. The Morgan fingerprint density at radius 2 is 1.44 bits per heavy atom. The second kappa shape index (κ2) is 5.95. The molecule has 0 amide bonds. The zero-order chi connectivity index (χ0) is 17.5. The van der Waals surface area contributed by atoms with E-state index in [1.165, 1.54) is 12.1 Å². The van der Waals surface area contributed by atoms with Crippen LogP contribution in [0.2, 0.25) is 0 Å². The molecule has 6 heteroatoms. The summed E-state index contributed by atoms with van der Waals surface area (Å²) in [4.78, 5) is 0. The summed E-state index contributed by atoms with van der Waals surface area (Å²) in [7, 11) is 0. The predicted molar refractivity (Wildman–Crippen MR) is 86.4 cm³/mol. The highest BCUT2D eigenvalue weighted by molar-refractivity contribution is 5.45. The van der Waals surface area contributed by atoms with Crippen LogP contribution in [-0.4, -0.2) is 13.1 Å². The van der Waals surface area contributed by atoms with E-state index < -0.39 is 17.5 Å². The first-order valence-electron chi connectivity index (χ1n) is 8.34. The average molecular weight is 349 g/mol. The lowest BCUT2D eigenvalue weighted by molar-refractivity contribution is -0.144. The third-order valence-electron chi connectivity index (χ3n) is 4.86. The maximum absolute atomic E-state index is 12.9. The van der Waals surface area contributed by atoms with Gasteiger partial charge in [-0.05, 0) is 50.2 Å². The molecule has 25 heavy (non-hydrogen) atoms. The van der Waals surface area contributed by atoms with Crippen LogP contribution in [0, 0.1) is 5.92 Å². The van der Waals surface area contributed by atoms with E-state index in [1.54, 1.807) is 0 Å². The Morgan fingerprint density at radius 1 is 0.880 bits per heavy atom. The maximum atomic E-state index is 12.9. The van der Waals surface area contributed by atoms with Crippen molar-refractivity contribution in [2.75, 3.05) is 13.1 Å². The second-order valence-electron chi connectivity index (χ2n) is 6.42. The van der Waals surface area contributed by atoms with Crippen molar-refractivity contribution in [3.8, 4) is 11.5 Å². The van der Waals surface area contributed by atoms with Gasteiger partial charge >= 0.3 is 6.18 Å². The minimum absolute atomic E-state index is 0.0536. The van der Waals surface area contributed by atoms with Gasteiger partial charge in [-0.2, -0.15) is 13.2 Å². The predicted octanol–water partition coefficient (Wildman–Crippen LogP) is 4.33. The number of hydrogen-bond acceptors (Lipinski definition) is 3. The normalized spacial score (nSPS) is 19.8. The molecule has 2 heterocycles. The fourth-order valence-corrected chi connectivity index (χ4v) is 3.58. The van der Waals surface area contributed by atoms with Crippen LogP contribution in [0.5, 0.6) is 11.5 Å². The molecule has 2 aliphatic heterocycles. The van der Waals surface area contributed by atoms with Crippen LogP contribution in [0.25, 0.3) is 0 Å². The Balaban J connectivity index is 1.74. The molecule has 2 aliphatic rings. The van der Waals surface area contributed by atoms with Crippen LogP contribution in [-0.2, 0) is 12.0 Å². The van der Waals surface area contributed by atoms with Gasteiger partial charge < -0.3 is 14.8 Å². The number of para-hydroxylation sites is 2. The standard InChI is InChI=1S/C19H18F3NO2/c20-19(21,22)15-7-5-13(6-8-15)18(14-9-11-23-12-10-14)24-16-3-1-2-4-17(16)25-18/h1-8,14,23H,9-12H2. The quantitative estimate of drug-likeness (QED) is 0.875. The highest BCUT2D eigenvalue weighted by Crippen LogP contribution is 2.50. The number of ether oxygens (including phenoxy) is 2. The molecule has 0 bridgehead atoms. The van der Waals surface area contributed by atoms with E-state index in [1.807, 2.05) is 24.3 Å². The summed E-state index contributed by atoms with van der Waals surface area (Å²) in [6.07, 6.45) is -2.70. The molecule has 3 nitrogen and oxygen atoms in total. The summed E-state index contributed by atoms with van der Waals surface area (Å²) < 4.78 is 51.1. The molecule has 0 atom stereocenters. The van der Waals surface area contributed by atoms with E-state index in [2.05, 4.69) is 5.32 Å². The first-order valence-corrected chi connectivity index (χ1v) is 8.34. The molecular weight excluding hydrogens is 331 g/mol. The summed E-state index contributed by atoms with van der Waals surface area (Å²) >= 11 is 0. The van der Waals surface area contributed by atoms with Crippen molar-refractivity contribution in [2.45, 2.75) is 24.8 Å². The Bertz CT molecular complexity index is 727. The minimum atomic E-state index is -4.36. The van der Waals surface area contributed by atoms with Gasteiger partial charge in [-0.3, -0.25) is 0 Å². The second-order valence-corrected chi connectivity index (χ2v) is 6.42. The van der Waals surface area contributed by atoms with Crippen molar-refractivity contribution in [2.24, 2.45) is 5.92 Å². The average Bonchev–Trinajstić information content (AvgIpc) is 3.03. The fraction of sp³-hybridized carbons (Fsp3) is 0.368. The monoisotopic (exact) mass is 349 g/mol. The van der Waals surface area contributed by atoms with Gasteiger partial charge in [0.2, 0.25) is 0 Å². The summed E-state index contributed by atoms with van der Waals surface area (Å²) in [5.41, 5.74) is -0.0594. The maximum Gasteiger partial charge on any atom is 0.416 e. The molecular formula is C19H18F3NO2. The van der Waals surface area contributed by atoms with Gasteiger partial charge in [-0.15, -0.1) is 0 Å². The molecule has 1 fully saturated rings. The lowest BCUT2D eigenvalue weighted by Crippen LogP contribution is -2.47. The zero-order valence-corrected chi connectivity index (χ0v) is 13.5. The number of benzene rings is 2. The van der Waals surface area contributed by atoms with E-state index in [0.29, 0.717) is 17.1 Å². The first kappa shape index (κ1) is 16.3. The number of fused-ring (bicyclic) bond motifs is 1. The number of hydrogen-bond donors (Lipinski definition) is 1. The number of halogens is 3. The van der Waals surface area contributed by atoms with Gasteiger partial charge in [-0.1, -0.05) is 24.3 Å². The lowest BCUT2D eigenvalue weighted by Gasteiger charge is -2.38. The Kier molecular flexibility index (Phi) is 3.87. The summed E-state index contributed by atoms with van der Waals surface area (Å²) in [5, 5.41) is 3.30. The van der Waals surface area contributed by atoms with Crippen LogP contribution in [0.1, 0.15) is 24.0 Å². The largest absolute Gasteiger partial charge is 0.444 e. The van der Waals surface area contributed by atoms with Gasteiger partial charge in [0.15, 0.2) is 11.5 Å². The van der Waals surface area contributed by atoms with Crippen LogP contribution in [0.4, 0.5) is 13.2 Å². The molecule has 0 saturated carbocycles. The van der Waals surface area contributed by atoms with Crippen LogP contribution in [0.3, 0.4) is 0 Å². The number of nitrogens with one attached hydrogen (secondary N) is 1. The van der Waals surface area contributed by atoms with Crippen molar-refractivity contribution in [1.82, 2.24) is 5.32 Å². The van der Waals surface area contributed by atoms with Crippen molar-refractivity contribution in [3.05, 3.63) is 59.7 Å². The van der Waals surface area contributed by atoms with Crippen molar-refractivity contribution >= 4 is 0 Å².